The Labute approximate surface area is 184 Å². The van der Waals surface area contributed by atoms with E-state index in [1.165, 1.54) is 11.8 Å². The van der Waals surface area contributed by atoms with E-state index in [0.717, 1.165) is 0 Å². The minimum atomic E-state index is -0.460. The summed E-state index contributed by atoms with van der Waals surface area (Å²) < 4.78 is 12.8. The fourth-order valence-electron chi connectivity index (χ4n) is 2.84. The summed E-state index contributed by atoms with van der Waals surface area (Å²) in [5, 5.41) is 11.4. The smallest absolute Gasteiger partial charge is 0.237 e. The summed E-state index contributed by atoms with van der Waals surface area (Å²) in [7, 11) is 0. The highest BCUT2D eigenvalue weighted by molar-refractivity contribution is 8.00. The van der Waals surface area contributed by atoms with Crippen LogP contribution in [0.4, 0.5) is 5.69 Å². The van der Waals surface area contributed by atoms with Crippen LogP contribution in [-0.2, 0) is 22.6 Å². The molecule has 0 aliphatic rings. The first kappa shape index (κ1) is 22.4. The van der Waals surface area contributed by atoms with Crippen LogP contribution in [0.5, 0.6) is 5.75 Å². The second-order valence-electron chi connectivity index (χ2n) is 6.71. The van der Waals surface area contributed by atoms with Gasteiger partial charge in [0.05, 0.1) is 30.4 Å². The first-order valence-electron chi connectivity index (χ1n) is 9.90. The van der Waals surface area contributed by atoms with Gasteiger partial charge in [-0.1, -0.05) is 23.9 Å². The summed E-state index contributed by atoms with van der Waals surface area (Å²) in [6.45, 7) is 4.57. The van der Waals surface area contributed by atoms with Gasteiger partial charge < -0.3 is 20.2 Å². The second kappa shape index (κ2) is 10.7. The standard InChI is InChI=1S/C21H25N5O4S/c1-3-29-17-9-5-4-8-16(17)23-20(28)14(2)31-21-25-24-19(11-10-18(22)27)26(21)13-15-7-6-12-30-15/h4-9,12,14H,3,10-11,13H2,1-2H3,(H2,22,27)(H,23,28)/t14-/m1/s1. The molecule has 3 aromatic rings. The number of amides is 2. The third-order valence-electron chi connectivity index (χ3n) is 4.38. The molecule has 10 heteroatoms. The fraction of sp³-hybridized carbons (Fsp3) is 0.333. The van der Waals surface area contributed by atoms with Crippen LogP contribution in [0.1, 0.15) is 31.9 Å². The lowest BCUT2D eigenvalue weighted by Gasteiger charge is -2.15. The number of para-hydroxylation sites is 2. The monoisotopic (exact) mass is 443 g/mol. The SMILES string of the molecule is CCOc1ccccc1NC(=O)[C@@H](C)Sc1nnc(CCC(N)=O)n1Cc1ccco1. The first-order chi connectivity index (χ1) is 15.0. The minimum absolute atomic E-state index is 0.158. The third kappa shape index (κ3) is 6.11. The lowest BCUT2D eigenvalue weighted by molar-refractivity contribution is -0.118. The molecule has 0 bridgehead atoms. The first-order valence-corrected chi connectivity index (χ1v) is 10.8. The molecule has 0 radical (unpaired) electrons. The van der Waals surface area contributed by atoms with Gasteiger partial charge in [-0.2, -0.15) is 0 Å². The van der Waals surface area contributed by atoms with E-state index >= 15 is 0 Å². The van der Waals surface area contributed by atoms with Crippen molar-refractivity contribution in [2.75, 3.05) is 11.9 Å². The zero-order valence-corrected chi connectivity index (χ0v) is 18.2. The molecule has 2 amide bonds. The van der Waals surface area contributed by atoms with Crippen molar-refractivity contribution in [2.24, 2.45) is 5.73 Å². The second-order valence-corrected chi connectivity index (χ2v) is 8.02. The number of anilines is 1. The van der Waals surface area contributed by atoms with Crippen molar-refractivity contribution in [3.05, 3.63) is 54.2 Å². The molecule has 0 spiro atoms. The Kier molecular flexibility index (Phi) is 7.71. The van der Waals surface area contributed by atoms with Crippen LogP contribution >= 0.6 is 11.8 Å². The number of nitrogens with zero attached hydrogens (tertiary/aromatic N) is 3. The topological polar surface area (TPSA) is 125 Å². The molecule has 1 atom stereocenters. The van der Waals surface area contributed by atoms with Crippen LogP contribution in [0.15, 0.2) is 52.2 Å². The summed E-state index contributed by atoms with van der Waals surface area (Å²) >= 11 is 1.27. The summed E-state index contributed by atoms with van der Waals surface area (Å²) in [4.78, 5) is 24.0. The number of ether oxygens (including phenoxy) is 1. The molecule has 2 aromatic heterocycles. The summed E-state index contributed by atoms with van der Waals surface area (Å²) in [6.07, 6.45) is 2.10. The van der Waals surface area contributed by atoms with Gasteiger partial charge in [0.1, 0.15) is 17.3 Å². The molecular formula is C21H25N5O4S. The average Bonchev–Trinajstić information content (AvgIpc) is 3.39. The predicted molar refractivity (Wildman–Crippen MR) is 117 cm³/mol. The summed E-state index contributed by atoms with van der Waals surface area (Å²) in [5.74, 6) is 1.33. The highest BCUT2D eigenvalue weighted by Crippen LogP contribution is 2.28. The highest BCUT2D eigenvalue weighted by Gasteiger charge is 2.22. The Morgan fingerprint density at radius 3 is 2.77 bits per heavy atom. The zero-order chi connectivity index (χ0) is 22.2. The zero-order valence-electron chi connectivity index (χ0n) is 17.4. The van der Waals surface area contributed by atoms with Gasteiger partial charge in [-0.25, -0.2) is 0 Å². The van der Waals surface area contributed by atoms with Crippen LogP contribution in [0.2, 0.25) is 0 Å². The molecule has 9 nitrogen and oxygen atoms in total. The largest absolute Gasteiger partial charge is 0.492 e. The molecule has 0 aliphatic carbocycles. The van der Waals surface area contributed by atoms with E-state index in [9.17, 15) is 9.59 Å². The van der Waals surface area contributed by atoms with Crippen molar-refractivity contribution in [1.29, 1.82) is 0 Å². The van der Waals surface area contributed by atoms with E-state index in [0.29, 0.717) is 47.8 Å². The highest BCUT2D eigenvalue weighted by atomic mass is 32.2. The number of benzene rings is 1. The molecule has 0 unspecified atom stereocenters. The molecule has 0 saturated heterocycles. The number of carbonyl (C=O) groups excluding carboxylic acids is 2. The Morgan fingerprint density at radius 1 is 1.26 bits per heavy atom. The van der Waals surface area contributed by atoms with Crippen molar-refractivity contribution < 1.29 is 18.7 Å². The number of thioether (sulfide) groups is 1. The Morgan fingerprint density at radius 2 is 2.06 bits per heavy atom. The van der Waals surface area contributed by atoms with Gasteiger partial charge in [0.2, 0.25) is 11.8 Å². The maximum atomic E-state index is 12.8. The Balaban J connectivity index is 1.74. The van der Waals surface area contributed by atoms with Crippen LogP contribution < -0.4 is 15.8 Å². The molecule has 164 valence electrons. The van der Waals surface area contributed by atoms with Gasteiger partial charge in [0.15, 0.2) is 5.16 Å². The number of rotatable bonds is 11. The van der Waals surface area contributed by atoms with Gasteiger partial charge in [-0.05, 0) is 38.1 Å². The van der Waals surface area contributed by atoms with Gasteiger partial charge in [0, 0.05) is 12.8 Å². The lowest BCUT2D eigenvalue weighted by Crippen LogP contribution is -2.23. The number of carbonyl (C=O) groups is 2. The summed E-state index contributed by atoms with van der Waals surface area (Å²) in [5.41, 5.74) is 5.89. The molecule has 0 aliphatic heterocycles. The molecular weight excluding hydrogens is 418 g/mol. The normalized spacial score (nSPS) is 11.8. The van der Waals surface area contributed by atoms with Gasteiger partial charge >= 0.3 is 0 Å². The fourth-order valence-corrected chi connectivity index (χ4v) is 3.71. The van der Waals surface area contributed by atoms with E-state index in [1.54, 1.807) is 25.3 Å². The van der Waals surface area contributed by atoms with E-state index < -0.39 is 11.2 Å². The third-order valence-corrected chi connectivity index (χ3v) is 5.46. The molecule has 2 heterocycles. The van der Waals surface area contributed by atoms with Crippen LogP contribution in [0, 0.1) is 0 Å². The maximum Gasteiger partial charge on any atom is 0.237 e. The number of furan rings is 1. The van der Waals surface area contributed by atoms with Gasteiger partial charge in [-0.3, -0.25) is 14.2 Å². The number of nitrogens with two attached hydrogens (primary N) is 1. The Hall–Kier alpha value is -3.27. The molecule has 31 heavy (non-hydrogen) atoms. The van der Waals surface area contributed by atoms with E-state index in [4.69, 9.17) is 14.9 Å². The quantitative estimate of drug-likeness (QED) is 0.437. The average molecular weight is 444 g/mol. The van der Waals surface area contributed by atoms with E-state index in [-0.39, 0.29) is 12.3 Å². The van der Waals surface area contributed by atoms with E-state index in [2.05, 4.69) is 15.5 Å². The van der Waals surface area contributed by atoms with Crippen LogP contribution in [0.3, 0.4) is 0 Å². The maximum absolute atomic E-state index is 12.8. The Bertz CT molecular complexity index is 1020. The van der Waals surface area contributed by atoms with Crippen LogP contribution in [0.25, 0.3) is 0 Å². The van der Waals surface area contributed by atoms with Gasteiger partial charge in [0.25, 0.3) is 0 Å². The molecule has 0 fully saturated rings. The molecule has 0 saturated carbocycles. The van der Waals surface area contributed by atoms with Crippen molar-refractivity contribution in [3.63, 3.8) is 0 Å². The minimum Gasteiger partial charge on any atom is -0.492 e. The lowest BCUT2D eigenvalue weighted by atomic mass is 10.3. The van der Waals surface area contributed by atoms with Crippen molar-refractivity contribution in [1.82, 2.24) is 14.8 Å². The molecule has 1 aromatic carbocycles. The van der Waals surface area contributed by atoms with Crippen molar-refractivity contribution in [2.45, 2.75) is 43.6 Å². The van der Waals surface area contributed by atoms with Crippen molar-refractivity contribution in [3.8, 4) is 5.75 Å². The van der Waals surface area contributed by atoms with Crippen molar-refractivity contribution >= 4 is 29.3 Å². The molecule has 3 rings (SSSR count). The number of primary amides is 1. The van der Waals surface area contributed by atoms with Gasteiger partial charge in [-0.15, -0.1) is 10.2 Å². The van der Waals surface area contributed by atoms with Crippen LogP contribution in [-0.4, -0.2) is 38.4 Å². The number of hydrogen-bond donors (Lipinski definition) is 2. The van der Waals surface area contributed by atoms with E-state index in [1.807, 2.05) is 35.8 Å². The predicted octanol–water partition coefficient (Wildman–Crippen LogP) is 2.86. The number of nitrogens with one attached hydrogen (secondary N) is 1. The number of aryl methyl sites for hydroxylation is 1. The number of hydrogen-bond acceptors (Lipinski definition) is 7. The molecule has 3 N–H and O–H groups in total. The number of aromatic nitrogens is 3. The summed E-state index contributed by atoms with van der Waals surface area (Å²) in [6, 6.07) is 10.9.